The Morgan fingerprint density at radius 3 is 2.32 bits per heavy atom. The summed E-state index contributed by atoms with van der Waals surface area (Å²) in [6.07, 6.45) is 9.35. The number of carbonyl (C=O) groups excluding carboxylic acids is 1. The van der Waals surface area contributed by atoms with Crippen molar-refractivity contribution in [2.75, 3.05) is 13.4 Å². The molecule has 1 aromatic carbocycles. The van der Waals surface area contributed by atoms with Crippen LogP contribution < -0.4 is 0 Å². The van der Waals surface area contributed by atoms with E-state index in [0.717, 1.165) is 31.2 Å². The van der Waals surface area contributed by atoms with Gasteiger partial charge in [0.2, 0.25) is 0 Å². The molecule has 0 N–H and O–H groups in total. The smallest absolute Gasteiger partial charge is 0.313 e. The second-order valence-electron chi connectivity index (χ2n) is 5.80. The lowest BCUT2D eigenvalue weighted by atomic mass is 9.89. The van der Waals surface area contributed by atoms with Crippen LogP contribution in [0.2, 0.25) is 0 Å². The summed E-state index contributed by atoms with van der Waals surface area (Å²) in [6.45, 7) is 0. The zero-order valence-electron chi connectivity index (χ0n) is 13.0. The van der Waals surface area contributed by atoms with Crippen LogP contribution in [0.4, 0.5) is 0 Å². The molecule has 0 bridgehead atoms. The molecule has 120 valence electrons. The van der Waals surface area contributed by atoms with Crippen molar-refractivity contribution in [3.05, 3.63) is 42.0 Å². The van der Waals surface area contributed by atoms with Gasteiger partial charge in [0, 0.05) is 6.26 Å². The fourth-order valence-electron chi connectivity index (χ4n) is 2.82. The van der Waals surface area contributed by atoms with Crippen LogP contribution in [0.5, 0.6) is 0 Å². The van der Waals surface area contributed by atoms with E-state index in [2.05, 4.69) is 12.2 Å². The molecule has 0 radical (unpaired) electrons. The zero-order chi connectivity index (χ0) is 16.2. The molecule has 0 aliphatic heterocycles. The zero-order valence-corrected chi connectivity index (χ0v) is 13.8. The predicted molar refractivity (Wildman–Crippen MR) is 85.4 cm³/mol. The number of hydrogen-bond acceptors (Lipinski definition) is 4. The van der Waals surface area contributed by atoms with E-state index in [9.17, 15) is 13.2 Å². The highest BCUT2D eigenvalue weighted by molar-refractivity contribution is 7.90. The summed E-state index contributed by atoms with van der Waals surface area (Å²) in [7, 11) is -1.83. The highest BCUT2D eigenvalue weighted by atomic mass is 32.2. The summed E-state index contributed by atoms with van der Waals surface area (Å²) in [5.41, 5.74) is 0.810. The Kier molecular flexibility index (Phi) is 5.40. The van der Waals surface area contributed by atoms with Gasteiger partial charge in [-0.25, -0.2) is 8.42 Å². The van der Waals surface area contributed by atoms with Gasteiger partial charge < -0.3 is 4.74 Å². The standard InChI is InChI=1S/C17H22O4S/c1-21-17(18)16(12-7-13-5-3-4-6-13)14-8-10-15(11-9-14)22(2,19)20/h3-4,8-11,13,16H,5-7,12H2,1-2H3/t16-/m1/s1. The van der Waals surface area contributed by atoms with Crippen molar-refractivity contribution < 1.29 is 17.9 Å². The molecule has 4 nitrogen and oxygen atoms in total. The van der Waals surface area contributed by atoms with Crippen LogP contribution in [0.1, 0.15) is 37.2 Å². The Hall–Kier alpha value is -1.62. The van der Waals surface area contributed by atoms with Crippen molar-refractivity contribution in [2.24, 2.45) is 5.92 Å². The van der Waals surface area contributed by atoms with Gasteiger partial charge in [0.1, 0.15) is 0 Å². The van der Waals surface area contributed by atoms with Gasteiger partial charge in [-0.1, -0.05) is 24.3 Å². The lowest BCUT2D eigenvalue weighted by molar-refractivity contribution is -0.142. The van der Waals surface area contributed by atoms with E-state index in [4.69, 9.17) is 4.74 Å². The number of hydrogen-bond donors (Lipinski definition) is 0. The number of allylic oxidation sites excluding steroid dienone is 2. The lowest BCUT2D eigenvalue weighted by Crippen LogP contribution is -2.15. The van der Waals surface area contributed by atoms with Gasteiger partial charge in [-0.15, -0.1) is 0 Å². The van der Waals surface area contributed by atoms with E-state index in [-0.39, 0.29) is 16.8 Å². The second kappa shape index (κ2) is 7.09. The fourth-order valence-corrected chi connectivity index (χ4v) is 3.45. The average molecular weight is 322 g/mol. The molecule has 0 unspecified atom stereocenters. The van der Waals surface area contributed by atoms with Gasteiger partial charge in [-0.2, -0.15) is 0 Å². The van der Waals surface area contributed by atoms with Gasteiger partial charge in [-0.05, 0) is 49.3 Å². The molecule has 2 rings (SSSR count). The van der Waals surface area contributed by atoms with E-state index in [1.807, 2.05) is 0 Å². The fraction of sp³-hybridized carbons (Fsp3) is 0.471. The Balaban J connectivity index is 2.12. The predicted octanol–water partition coefficient (Wildman–Crippen LogP) is 3.09. The van der Waals surface area contributed by atoms with Crippen molar-refractivity contribution >= 4 is 15.8 Å². The van der Waals surface area contributed by atoms with E-state index in [1.54, 1.807) is 24.3 Å². The Labute approximate surface area is 132 Å². The van der Waals surface area contributed by atoms with Gasteiger partial charge in [-0.3, -0.25) is 4.79 Å². The number of methoxy groups -OCH3 is 1. The number of esters is 1. The molecular weight excluding hydrogens is 300 g/mol. The van der Waals surface area contributed by atoms with Crippen molar-refractivity contribution in [3.63, 3.8) is 0 Å². The maximum atomic E-state index is 12.0. The van der Waals surface area contributed by atoms with E-state index in [1.165, 1.54) is 13.4 Å². The third kappa shape index (κ3) is 4.19. The topological polar surface area (TPSA) is 60.4 Å². The summed E-state index contributed by atoms with van der Waals surface area (Å²) in [5.74, 6) is -0.000258. The molecule has 0 saturated carbocycles. The molecule has 1 aliphatic rings. The van der Waals surface area contributed by atoms with Crippen LogP contribution in [0.15, 0.2) is 41.3 Å². The molecule has 0 aromatic heterocycles. The number of ether oxygens (including phenoxy) is 1. The first-order valence-corrected chi connectivity index (χ1v) is 9.34. The highest BCUT2D eigenvalue weighted by Crippen LogP contribution is 2.30. The second-order valence-corrected chi connectivity index (χ2v) is 7.82. The summed E-state index contributed by atoms with van der Waals surface area (Å²) in [6, 6.07) is 6.53. The maximum Gasteiger partial charge on any atom is 0.313 e. The highest BCUT2D eigenvalue weighted by Gasteiger charge is 2.23. The number of benzene rings is 1. The van der Waals surface area contributed by atoms with Crippen molar-refractivity contribution in [1.82, 2.24) is 0 Å². The quantitative estimate of drug-likeness (QED) is 0.596. The Morgan fingerprint density at radius 1 is 1.23 bits per heavy atom. The van der Waals surface area contributed by atoms with Crippen LogP contribution in [-0.4, -0.2) is 27.8 Å². The molecule has 0 spiro atoms. The average Bonchev–Trinajstić information content (AvgIpc) is 3.00. The van der Waals surface area contributed by atoms with Crippen LogP contribution in [0.3, 0.4) is 0 Å². The van der Waals surface area contributed by atoms with Gasteiger partial charge >= 0.3 is 5.97 Å². The Morgan fingerprint density at radius 2 is 1.82 bits per heavy atom. The molecule has 1 aromatic rings. The molecule has 1 aliphatic carbocycles. The minimum absolute atomic E-state index is 0.264. The van der Waals surface area contributed by atoms with Crippen molar-refractivity contribution in [1.29, 1.82) is 0 Å². The largest absolute Gasteiger partial charge is 0.469 e. The van der Waals surface area contributed by atoms with E-state index >= 15 is 0 Å². The molecule has 0 fully saturated rings. The van der Waals surface area contributed by atoms with E-state index < -0.39 is 9.84 Å². The minimum atomic E-state index is -3.22. The number of carbonyl (C=O) groups is 1. The monoisotopic (exact) mass is 322 g/mol. The Bertz CT molecular complexity index is 636. The third-order valence-corrected chi connectivity index (χ3v) is 5.29. The summed E-state index contributed by atoms with van der Waals surface area (Å²) in [5, 5.41) is 0. The van der Waals surface area contributed by atoms with Crippen molar-refractivity contribution in [3.8, 4) is 0 Å². The maximum absolute atomic E-state index is 12.0. The lowest BCUT2D eigenvalue weighted by Gasteiger charge is -2.17. The molecule has 0 saturated heterocycles. The molecule has 22 heavy (non-hydrogen) atoms. The molecular formula is C17H22O4S. The first kappa shape index (κ1) is 16.7. The number of rotatable bonds is 6. The normalized spacial score (nSPS) is 16.6. The number of sulfone groups is 1. The SMILES string of the molecule is COC(=O)[C@H](CCC1CC=CC1)c1ccc(S(C)(=O)=O)cc1. The third-order valence-electron chi connectivity index (χ3n) is 4.17. The first-order chi connectivity index (χ1) is 10.4. The molecule has 1 atom stereocenters. The van der Waals surface area contributed by atoms with E-state index in [0.29, 0.717) is 5.92 Å². The summed E-state index contributed by atoms with van der Waals surface area (Å²) in [4.78, 5) is 12.3. The molecule has 0 heterocycles. The minimum Gasteiger partial charge on any atom is -0.469 e. The van der Waals surface area contributed by atoms with Gasteiger partial charge in [0.05, 0.1) is 17.9 Å². The van der Waals surface area contributed by atoms with Gasteiger partial charge in [0.15, 0.2) is 9.84 Å². The molecule has 0 amide bonds. The van der Waals surface area contributed by atoms with Crippen LogP contribution in [0, 0.1) is 5.92 Å². The van der Waals surface area contributed by atoms with Gasteiger partial charge in [0.25, 0.3) is 0 Å². The van der Waals surface area contributed by atoms with Crippen molar-refractivity contribution in [2.45, 2.75) is 36.5 Å². The summed E-state index contributed by atoms with van der Waals surface area (Å²) < 4.78 is 27.9. The van der Waals surface area contributed by atoms with Crippen LogP contribution in [0.25, 0.3) is 0 Å². The first-order valence-electron chi connectivity index (χ1n) is 7.44. The van der Waals surface area contributed by atoms with Crippen LogP contribution in [-0.2, 0) is 19.4 Å². The summed E-state index contributed by atoms with van der Waals surface area (Å²) >= 11 is 0. The van der Waals surface area contributed by atoms with Crippen LogP contribution >= 0.6 is 0 Å². The molecule has 5 heteroatoms.